The molecule has 4 rings (SSSR count). The standard InChI is InChI=1S/C30H34FN5O7/c1-18(37)26-29(41)32-14-6-5-9-22(33-25(38)17-42-21-12-10-20(31)11-13-21)27(39)34-23(15-19-7-3-2-4-8-19)30-35-24(16-43-30)28(40)36-26/h2-4,7-8,10-13,16,18,22-23,26,37H,5-6,9,14-15,17H2,1H3,(H,32,41)(H,33,38)(H,34,39)(H,36,40)/t18-,22+,23+,26+/m1/s1. The van der Waals surface area contributed by atoms with E-state index in [4.69, 9.17) is 9.15 Å². The molecule has 2 aromatic carbocycles. The van der Waals surface area contributed by atoms with E-state index in [1.807, 2.05) is 30.3 Å². The zero-order chi connectivity index (χ0) is 30.8. The number of fused-ring (bicyclic) bond motifs is 2. The van der Waals surface area contributed by atoms with Crippen LogP contribution in [0, 0.1) is 5.82 Å². The lowest BCUT2D eigenvalue weighted by molar-refractivity contribution is -0.130. The molecule has 13 heteroatoms. The van der Waals surface area contributed by atoms with E-state index in [0.29, 0.717) is 12.8 Å². The van der Waals surface area contributed by atoms with Gasteiger partial charge >= 0.3 is 0 Å². The summed E-state index contributed by atoms with van der Waals surface area (Å²) in [5, 5.41) is 20.9. The summed E-state index contributed by atoms with van der Waals surface area (Å²) in [4.78, 5) is 56.2. The Kier molecular flexibility index (Phi) is 10.8. The number of halogens is 1. The molecule has 2 bridgehead atoms. The number of amides is 4. The van der Waals surface area contributed by atoms with Crippen molar-refractivity contribution in [2.24, 2.45) is 0 Å². The van der Waals surface area contributed by atoms with Crippen LogP contribution in [-0.2, 0) is 20.8 Å². The fraction of sp³-hybridized carbons (Fsp3) is 0.367. The second-order valence-corrected chi connectivity index (χ2v) is 10.2. The van der Waals surface area contributed by atoms with E-state index in [2.05, 4.69) is 26.3 Å². The van der Waals surface area contributed by atoms with Gasteiger partial charge in [0.15, 0.2) is 12.3 Å². The first-order chi connectivity index (χ1) is 20.7. The first-order valence-electron chi connectivity index (χ1n) is 13.9. The number of ether oxygens (including phenoxy) is 1. The Bertz CT molecular complexity index is 1400. The third kappa shape index (κ3) is 9.10. The highest BCUT2D eigenvalue weighted by Gasteiger charge is 2.30. The van der Waals surface area contributed by atoms with Gasteiger partial charge in [-0.2, -0.15) is 0 Å². The third-order valence-electron chi connectivity index (χ3n) is 6.76. The van der Waals surface area contributed by atoms with E-state index < -0.39 is 60.3 Å². The molecule has 228 valence electrons. The first-order valence-corrected chi connectivity index (χ1v) is 13.9. The summed E-state index contributed by atoms with van der Waals surface area (Å²) in [6.07, 6.45) is 1.31. The molecule has 0 fully saturated rings. The fourth-order valence-electron chi connectivity index (χ4n) is 4.47. The minimum Gasteiger partial charge on any atom is -0.484 e. The lowest BCUT2D eigenvalue weighted by Gasteiger charge is -2.23. The minimum absolute atomic E-state index is 0.0391. The van der Waals surface area contributed by atoms with Crippen molar-refractivity contribution in [2.45, 2.75) is 56.8 Å². The van der Waals surface area contributed by atoms with Crippen molar-refractivity contribution in [1.82, 2.24) is 26.3 Å². The molecule has 0 aliphatic carbocycles. The van der Waals surface area contributed by atoms with E-state index in [9.17, 15) is 28.7 Å². The Morgan fingerprint density at radius 2 is 1.84 bits per heavy atom. The SMILES string of the molecule is C[C@@H](O)[C@@H]1NC(=O)c2coc(n2)[C@H](Cc2ccccc2)NC(=O)[C@@H](NC(=O)COc2ccc(F)cc2)CCCCNC1=O. The van der Waals surface area contributed by atoms with Gasteiger partial charge in [0.2, 0.25) is 17.7 Å². The van der Waals surface area contributed by atoms with Crippen LogP contribution in [0.2, 0.25) is 0 Å². The molecule has 0 saturated carbocycles. The minimum atomic E-state index is -1.23. The molecule has 43 heavy (non-hydrogen) atoms. The summed E-state index contributed by atoms with van der Waals surface area (Å²) >= 11 is 0. The van der Waals surface area contributed by atoms with Crippen LogP contribution in [0.15, 0.2) is 65.3 Å². The molecule has 0 radical (unpaired) electrons. The van der Waals surface area contributed by atoms with Crippen LogP contribution in [0.4, 0.5) is 4.39 Å². The molecule has 12 nitrogen and oxygen atoms in total. The van der Waals surface area contributed by atoms with Crippen molar-refractivity contribution in [3.63, 3.8) is 0 Å². The second kappa shape index (κ2) is 14.9. The van der Waals surface area contributed by atoms with Gasteiger partial charge in [0.05, 0.1) is 6.10 Å². The Hall–Kier alpha value is -4.78. The molecule has 0 saturated heterocycles. The second-order valence-electron chi connectivity index (χ2n) is 10.2. The quantitative estimate of drug-likeness (QED) is 0.274. The number of nitrogens with one attached hydrogen (secondary N) is 4. The number of rotatable bonds is 7. The van der Waals surface area contributed by atoms with Crippen LogP contribution in [-0.4, -0.2) is 65.1 Å². The summed E-state index contributed by atoms with van der Waals surface area (Å²) in [6, 6.07) is 11.4. The Balaban J connectivity index is 1.56. The van der Waals surface area contributed by atoms with Crippen LogP contribution in [0.25, 0.3) is 0 Å². The number of hydrogen-bond donors (Lipinski definition) is 5. The number of aliphatic hydroxyl groups excluding tert-OH is 1. The highest BCUT2D eigenvalue weighted by Crippen LogP contribution is 2.20. The molecule has 1 aliphatic heterocycles. The summed E-state index contributed by atoms with van der Waals surface area (Å²) in [5.74, 6) is -2.51. The zero-order valence-corrected chi connectivity index (χ0v) is 23.5. The Morgan fingerprint density at radius 3 is 2.56 bits per heavy atom. The smallest absolute Gasteiger partial charge is 0.273 e. The van der Waals surface area contributed by atoms with Crippen molar-refractivity contribution in [3.05, 3.63) is 83.8 Å². The number of hydrogen-bond acceptors (Lipinski definition) is 8. The number of benzene rings is 2. The first kappa shape index (κ1) is 31.2. The van der Waals surface area contributed by atoms with E-state index in [0.717, 1.165) is 11.8 Å². The highest BCUT2D eigenvalue weighted by atomic mass is 19.1. The maximum atomic E-state index is 13.6. The topological polar surface area (TPSA) is 172 Å². The number of aliphatic hydroxyl groups is 1. The van der Waals surface area contributed by atoms with Crippen molar-refractivity contribution in [3.8, 4) is 5.75 Å². The van der Waals surface area contributed by atoms with Crippen LogP contribution >= 0.6 is 0 Å². The van der Waals surface area contributed by atoms with Gasteiger partial charge < -0.3 is 35.5 Å². The van der Waals surface area contributed by atoms with Gasteiger partial charge in [-0.1, -0.05) is 30.3 Å². The van der Waals surface area contributed by atoms with E-state index in [-0.39, 0.29) is 36.7 Å². The molecule has 2 heterocycles. The van der Waals surface area contributed by atoms with E-state index in [1.165, 1.54) is 31.2 Å². The Labute approximate surface area is 247 Å². The highest BCUT2D eigenvalue weighted by molar-refractivity contribution is 5.96. The third-order valence-corrected chi connectivity index (χ3v) is 6.76. The lowest BCUT2D eigenvalue weighted by atomic mass is 10.0. The fourth-order valence-corrected chi connectivity index (χ4v) is 4.47. The summed E-state index contributed by atoms with van der Waals surface area (Å²) in [5.41, 5.74) is 0.709. The van der Waals surface area contributed by atoms with E-state index in [1.54, 1.807) is 0 Å². The monoisotopic (exact) mass is 595 g/mol. The molecule has 1 aliphatic rings. The molecule has 4 atom stereocenters. The molecule has 0 spiro atoms. The van der Waals surface area contributed by atoms with Crippen molar-refractivity contribution in [2.75, 3.05) is 13.2 Å². The van der Waals surface area contributed by atoms with E-state index >= 15 is 0 Å². The number of carbonyl (C=O) groups excluding carboxylic acids is 4. The van der Waals surface area contributed by atoms with Crippen LogP contribution in [0.1, 0.15) is 54.2 Å². The molecular formula is C30H34FN5O7. The van der Waals surface area contributed by atoms with Gasteiger partial charge in [-0.25, -0.2) is 9.37 Å². The predicted octanol–water partition coefficient (Wildman–Crippen LogP) is 1.56. The molecule has 4 amide bonds. The van der Waals surface area contributed by atoms with Gasteiger partial charge in [0.25, 0.3) is 11.8 Å². The largest absolute Gasteiger partial charge is 0.484 e. The number of oxazole rings is 1. The van der Waals surface area contributed by atoms with Gasteiger partial charge in [-0.15, -0.1) is 0 Å². The molecule has 0 unspecified atom stereocenters. The van der Waals surface area contributed by atoms with Crippen molar-refractivity contribution in [1.29, 1.82) is 0 Å². The number of aromatic nitrogens is 1. The average molecular weight is 596 g/mol. The van der Waals surface area contributed by atoms with Gasteiger partial charge in [-0.3, -0.25) is 19.2 Å². The Morgan fingerprint density at radius 1 is 1.09 bits per heavy atom. The lowest BCUT2D eigenvalue weighted by Crippen LogP contribution is -2.52. The summed E-state index contributed by atoms with van der Waals surface area (Å²) < 4.78 is 24.2. The van der Waals surface area contributed by atoms with Crippen LogP contribution in [0.5, 0.6) is 5.75 Å². The number of carbonyl (C=O) groups is 4. The van der Waals surface area contributed by atoms with Gasteiger partial charge in [-0.05, 0) is 56.0 Å². The molecular weight excluding hydrogens is 561 g/mol. The van der Waals surface area contributed by atoms with Crippen molar-refractivity contribution < 1.29 is 37.8 Å². The maximum Gasteiger partial charge on any atom is 0.273 e. The average Bonchev–Trinajstić information content (AvgIpc) is 3.49. The van der Waals surface area contributed by atoms with Crippen LogP contribution < -0.4 is 26.0 Å². The van der Waals surface area contributed by atoms with Crippen LogP contribution in [0.3, 0.4) is 0 Å². The summed E-state index contributed by atoms with van der Waals surface area (Å²) in [6.45, 7) is 1.19. The van der Waals surface area contributed by atoms with Gasteiger partial charge in [0, 0.05) is 13.0 Å². The normalized spacial score (nSPS) is 20.7. The zero-order valence-electron chi connectivity index (χ0n) is 23.5. The molecule has 5 N–H and O–H groups in total. The summed E-state index contributed by atoms with van der Waals surface area (Å²) in [7, 11) is 0. The molecule has 3 aromatic rings. The van der Waals surface area contributed by atoms with Crippen molar-refractivity contribution >= 4 is 23.6 Å². The van der Waals surface area contributed by atoms with Gasteiger partial charge in [0.1, 0.15) is 36.0 Å². The maximum absolute atomic E-state index is 13.6. The number of nitrogens with zero attached hydrogens (tertiary/aromatic N) is 1. The predicted molar refractivity (Wildman–Crippen MR) is 151 cm³/mol. The molecule has 1 aromatic heterocycles.